The summed E-state index contributed by atoms with van der Waals surface area (Å²) in [7, 11) is 1.40. The van der Waals surface area contributed by atoms with Crippen molar-refractivity contribution in [3.8, 4) is 11.5 Å². The lowest BCUT2D eigenvalue weighted by atomic mass is 10.0. The van der Waals surface area contributed by atoms with E-state index in [1.54, 1.807) is 0 Å². The van der Waals surface area contributed by atoms with Crippen LogP contribution >= 0.6 is 15.9 Å². The van der Waals surface area contributed by atoms with E-state index < -0.39 is 17.8 Å². The number of ether oxygens (including phenoxy) is 1. The van der Waals surface area contributed by atoms with E-state index in [0.29, 0.717) is 10.0 Å². The molecule has 0 atom stereocenters. The summed E-state index contributed by atoms with van der Waals surface area (Å²) < 4.78 is 5.54. The van der Waals surface area contributed by atoms with Crippen LogP contribution in [-0.2, 0) is 9.59 Å². The van der Waals surface area contributed by atoms with E-state index in [1.165, 1.54) is 25.3 Å². The van der Waals surface area contributed by atoms with Crippen LogP contribution in [0.3, 0.4) is 0 Å². The van der Waals surface area contributed by atoms with Crippen LogP contribution in [0, 0.1) is 0 Å². The Hall–Kier alpha value is -2.35. The van der Waals surface area contributed by atoms with E-state index in [9.17, 15) is 19.5 Å². The zero-order chi connectivity index (χ0) is 18.1. The molecule has 3 rings (SSSR count). The molecule has 0 aromatic heterocycles. The van der Waals surface area contributed by atoms with E-state index in [2.05, 4.69) is 21.2 Å². The van der Waals surface area contributed by atoms with Gasteiger partial charge in [0.2, 0.25) is 0 Å². The Morgan fingerprint density at radius 3 is 2.60 bits per heavy atom. The first kappa shape index (κ1) is 17.5. The van der Waals surface area contributed by atoms with Crippen molar-refractivity contribution in [3.05, 3.63) is 27.7 Å². The number of phenolic OH excluding ortho intramolecular Hbond substituents is 1. The smallest absolute Gasteiger partial charge is 0.331 e. The normalized spacial score (nSPS) is 20.3. The first-order valence-corrected chi connectivity index (χ1v) is 8.68. The number of methoxy groups -OCH3 is 1. The van der Waals surface area contributed by atoms with Crippen LogP contribution in [0.5, 0.6) is 11.5 Å². The average Bonchev–Trinajstić information content (AvgIpc) is 3.07. The van der Waals surface area contributed by atoms with Gasteiger partial charge in [0.05, 0.1) is 7.11 Å². The van der Waals surface area contributed by atoms with Crippen molar-refractivity contribution >= 4 is 39.9 Å². The van der Waals surface area contributed by atoms with Crippen molar-refractivity contribution in [2.75, 3.05) is 7.11 Å². The highest BCUT2D eigenvalue weighted by Crippen LogP contribution is 2.34. The number of halogens is 1. The number of nitrogens with zero attached hydrogens (tertiary/aromatic N) is 1. The van der Waals surface area contributed by atoms with Crippen LogP contribution in [-0.4, -0.2) is 41.0 Å². The minimum atomic E-state index is -0.733. The Balaban J connectivity index is 2.00. The number of hydrogen-bond donors (Lipinski definition) is 2. The van der Waals surface area contributed by atoms with E-state index in [1.807, 2.05) is 0 Å². The molecule has 4 amide bonds. The van der Waals surface area contributed by atoms with Crippen LogP contribution < -0.4 is 10.1 Å². The summed E-state index contributed by atoms with van der Waals surface area (Å²) in [5, 5.41) is 12.0. The second-order valence-corrected chi connectivity index (χ2v) is 6.83. The van der Waals surface area contributed by atoms with Gasteiger partial charge in [-0.15, -0.1) is 0 Å². The Labute approximate surface area is 152 Å². The van der Waals surface area contributed by atoms with Gasteiger partial charge in [0.25, 0.3) is 11.8 Å². The largest absolute Gasteiger partial charge is 0.504 e. The molecule has 132 valence electrons. The topological polar surface area (TPSA) is 95.9 Å². The molecule has 8 heteroatoms. The summed E-state index contributed by atoms with van der Waals surface area (Å²) in [5.41, 5.74) is 0.355. The fourth-order valence-corrected chi connectivity index (χ4v) is 3.60. The number of benzene rings is 1. The Morgan fingerprint density at radius 1 is 1.28 bits per heavy atom. The standard InChI is InChI=1S/C17H17BrN2O5/c1-25-14-7-9(12(18)8-13(14)21)6-11-15(22)19-17(24)20(16(11)23)10-4-2-3-5-10/h6-8,10,21H,2-5H2,1H3,(H,19,22,24)/b11-6+. The van der Waals surface area contributed by atoms with Gasteiger partial charge in [0, 0.05) is 10.5 Å². The SMILES string of the molecule is COc1cc(/C=C2\C(=O)NC(=O)N(C3CCCC3)C2=O)c(Br)cc1O. The van der Waals surface area contributed by atoms with Crippen molar-refractivity contribution in [2.24, 2.45) is 0 Å². The number of amides is 4. The second-order valence-electron chi connectivity index (χ2n) is 5.98. The fraction of sp³-hybridized carbons (Fsp3) is 0.353. The molecule has 1 aromatic rings. The third-order valence-corrected chi connectivity index (χ3v) is 5.11. The van der Waals surface area contributed by atoms with Gasteiger partial charge in [0.15, 0.2) is 11.5 Å². The quantitative estimate of drug-likeness (QED) is 0.591. The number of aromatic hydroxyl groups is 1. The van der Waals surface area contributed by atoms with Gasteiger partial charge in [-0.1, -0.05) is 28.8 Å². The maximum Gasteiger partial charge on any atom is 0.331 e. The van der Waals surface area contributed by atoms with E-state index >= 15 is 0 Å². The monoisotopic (exact) mass is 408 g/mol. The van der Waals surface area contributed by atoms with E-state index in [0.717, 1.165) is 30.6 Å². The van der Waals surface area contributed by atoms with Gasteiger partial charge in [-0.05, 0) is 36.6 Å². The molecule has 1 heterocycles. The minimum absolute atomic E-state index is 0.0706. The third-order valence-electron chi connectivity index (χ3n) is 4.42. The van der Waals surface area contributed by atoms with E-state index in [4.69, 9.17) is 4.74 Å². The van der Waals surface area contributed by atoms with Crippen LogP contribution in [0.25, 0.3) is 6.08 Å². The third kappa shape index (κ3) is 3.26. The van der Waals surface area contributed by atoms with Gasteiger partial charge in [0.1, 0.15) is 5.57 Å². The average molecular weight is 409 g/mol. The molecule has 0 radical (unpaired) electrons. The molecule has 2 fully saturated rings. The number of hydrogen-bond acceptors (Lipinski definition) is 5. The summed E-state index contributed by atoms with van der Waals surface area (Å²) in [5.74, 6) is -1.19. The summed E-state index contributed by atoms with van der Waals surface area (Å²) >= 11 is 3.29. The highest BCUT2D eigenvalue weighted by molar-refractivity contribution is 9.10. The number of carbonyl (C=O) groups is 3. The molecular formula is C17H17BrN2O5. The van der Waals surface area contributed by atoms with Gasteiger partial charge < -0.3 is 9.84 Å². The van der Waals surface area contributed by atoms with E-state index in [-0.39, 0.29) is 23.1 Å². The molecule has 1 aromatic carbocycles. The van der Waals surface area contributed by atoms with Crippen LogP contribution in [0.1, 0.15) is 31.2 Å². The molecule has 0 bridgehead atoms. The zero-order valence-corrected chi connectivity index (χ0v) is 15.1. The lowest BCUT2D eigenvalue weighted by Crippen LogP contribution is -2.57. The zero-order valence-electron chi connectivity index (χ0n) is 13.5. The van der Waals surface area contributed by atoms with Crippen LogP contribution in [0.15, 0.2) is 22.2 Å². The second kappa shape index (κ2) is 6.87. The molecule has 1 aliphatic carbocycles. The molecule has 7 nitrogen and oxygen atoms in total. The highest BCUT2D eigenvalue weighted by Gasteiger charge is 2.40. The number of imide groups is 2. The number of barbiturate groups is 1. The Bertz CT molecular complexity index is 783. The van der Waals surface area contributed by atoms with Gasteiger partial charge >= 0.3 is 6.03 Å². The molecule has 25 heavy (non-hydrogen) atoms. The number of carbonyl (C=O) groups excluding carboxylic acids is 3. The molecule has 0 spiro atoms. The van der Waals surface area contributed by atoms with Crippen molar-refractivity contribution < 1.29 is 24.2 Å². The minimum Gasteiger partial charge on any atom is -0.504 e. The predicted octanol–water partition coefficient (Wildman–Crippen LogP) is 2.57. The van der Waals surface area contributed by atoms with Crippen molar-refractivity contribution in [1.29, 1.82) is 0 Å². The number of urea groups is 1. The summed E-state index contributed by atoms with van der Waals surface area (Å²) in [4.78, 5) is 38.2. The number of phenols is 1. The van der Waals surface area contributed by atoms with Crippen molar-refractivity contribution in [2.45, 2.75) is 31.7 Å². The molecule has 1 saturated heterocycles. The summed E-state index contributed by atoms with van der Waals surface area (Å²) in [6, 6.07) is 2.07. The lowest BCUT2D eigenvalue weighted by Gasteiger charge is -2.31. The number of rotatable bonds is 3. The van der Waals surface area contributed by atoms with Crippen LogP contribution in [0.4, 0.5) is 4.79 Å². The molecule has 1 aliphatic heterocycles. The predicted molar refractivity (Wildman–Crippen MR) is 93.0 cm³/mol. The Morgan fingerprint density at radius 2 is 1.96 bits per heavy atom. The fourth-order valence-electron chi connectivity index (χ4n) is 3.15. The van der Waals surface area contributed by atoms with Gasteiger partial charge in [-0.2, -0.15) is 0 Å². The van der Waals surface area contributed by atoms with Gasteiger partial charge in [-0.25, -0.2) is 4.79 Å². The summed E-state index contributed by atoms with van der Waals surface area (Å²) in [6.45, 7) is 0. The van der Waals surface area contributed by atoms with Gasteiger partial charge in [-0.3, -0.25) is 19.8 Å². The highest BCUT2D eigenvalue weighted by atomic mass is 79.9. The maximum absolute atomic E-state index is 12.8. The van der Waals surface area contributed by atoms with Crippen molar-refractivity contribution in [1.82, 2.24) is 10.2 Å². The molecule has 0 unspecified atom stereocenters. The maximum atomic E-state index is 12.8. The Kier molecular flexibility index (Phi) is 4.80. The summed E-state index contributed by atoms with van der Waals surface area (Å²) in [6.07, 6.45) is 4.79. The molecule has 2 N–H and O–H groups in total. The molecule has 2 aliphatic rings. The lowest BCUT2D eigenvalue weighted by molar-refractivity contribution is -0.131. The molecular weight excluding hydrogens is 392 g/mol. The first-order chi connectivity index (χ1) is 11.9. The van der Waals surface area contributed by atoms with Crippen LogP contribution in [0.2, 0.25) is 0 Å². The first-order valence-electron chi connectivity index (χ1n) is 7.89. The molecule has 1 saturated carbocycles. The number of nitrogens with one attached hydrogen (secondary N) is 1. The van der Waals surface area contributed by atoms with Crippen molar-refractivity contribution in [3.63, 3.8) is 0 Å².